The Morgan fingerprint density at radius 3 is 2.78 bits per heavy atom. The van der Waals surface area contributed by atoms with Crippen LogP contribution in [0.25, 0.3) is 11.3 Å². The van der Waals surface area contributed by atoms with Gasteiger partial charge in [-0.25, -0.2) is 4.98 Å². The van der Waals surface area contributed by atoms with Crippen LogP contribution in [-0.4, -0.2) is 29.6 Å². The van der Waals surface area contributed by atoms with Crippen molar-refractivity contribution in [2.45, 2.75) is 25.0 Å². The lowest BCUT2D eigenvalue weighted by molar-refractivity contribution is -0.126. The van der Waals surface area contributed by atoms with Crippen LogP contribution in [0.1, 0.15) is 12.8 Å². The third kappa shape index (κ3) is 4.51. The van der Waals surface area contributed by atoms with Gasteiger partial charge in [-0.3, -0.25) is 10.1 Å². The fourth-order valence-electron chi connectivity index (χ4n) is 2.34. The highest BCUT2D eigenvalue weighted by Crippen LogP contribution is 2.27. The molecule has 0 bridgehead atoms. The minimum Gasteiger partial charge on any atom is -0.364 e. The largest absolute Gasteiger partial charge is 0.364 e. The summed E-state index contributed by atoms with van der Waals surface area (Å²) >= 11 is 4.81. The van der Waals surface area contributed by atoms with E-state index in [9.17, 15) is 4.79 Å². The Hall–Kier alpha value is -0.990. The van der Waals surface area contributed by atoms with Crippen molar-refractivity contribution >= 4 is 50.7 Å². The van der Waals surface area contributed by atoms with E-state index in [0.717, 1.165) is 22.2 Å². The predicted octanol–water partition coefficient (Wildman–Crippen LogP) is 3.44. The molecule has 0 radical (unpaired) electrons. The van der Waals surface area contributed by atoms with Gasteiger partial charge in [0.05, 0.1) is 11.8 Å². The van der Waals surface area contributed by atoms with Crippen LogP contribution < -0.4 is 11.1 Å². The van der Waals surface area contributed by atoms with Crippen molar-refractivity contribution in [1.82, 2.24) is 4.98 Å². The summed E-state index contributed by atoms with van der Waals surface area (Å²) in [6, 6.07) is 7.89. The van der Waals surface area contributed by atoms with E-state index in [2.05, 4.69) is 26.2 Å². The molecule has 1 amide bonds. The molecule has 124 valence electrons. The second kappa shape index (κ2) is 8.21. The van der Waals surface area contributed by atoms with Crippen LogP contribution in [0.3, 0.4) is 0 Å². The van der Waals surface area contributed by atoms with Crippen molar-refractivity contribution in [2.75, 3.05) is 11.9 Å². The van der Waals surface area contributed by atoms with Gasteiger partial charge in [-0.1, -0.05) is 28.1 Å². The quantitative estimate of drug-likeness (QED) is 0.797. The molecule has 0 unspecified atom stereocenters. The van der Waals surface area contributed by atoms with Crippen LogP contribution in [0.4, 0.5) is 5.13 Å². The zero-order valence-corrected chi connectivity index (χ0v) is 15.4. The molecule has 2 aromatic rings. The molecule has 3 N–H and O–H groups in total. The van der Waals surface area contributed by atoms with Gasteiger partial charge in [0.1, 0.15) is 6.10 Å². The van der Waals surface area contributed by atoms with Crippen LogP contribution in [0, 0.1) is 0 Å². The molecule has 0 spiro atoms. The van der Waals surface area contributed by atoms with Gasteiger partial charge in [-0.05, 0) is 25.0 Å². The second-order valence-corrected chi connectivity index (χ2v) is 6.87. The molecule has 1 aliphatic heterocycles. The Morgan fingerprint density at radius 2 is 2.13 bits per heavy atom. The standard InChI is InChI=1S/C15H16BrN3O2S.ClH/c16-10-3-1-9(2-4-10)12-8-22-15(18-12)19-14(20)13-6-5-11(7-17)21-13;/h1-4,8,11,13H,5-7,17H2,(H,18,19,20);1H/t11-,13+;/m1./s1. The van der Waals surface area contributed by atoms with E-state index >= 15 is 0 Å². The Kier molecular flexibility index (Phi) is 6.55. The molecule has 2 atom stereocenters. The van der Waals surface area contributed by atoms with Crippen molar-refractivity contribution in [1.29, 1.82) is 0 Å². The molecule has 1 aromatic carbocycles. The van der Waals surface area contributed by atoms with Crippen LogP contribution in [0.5, 0.6) is 0 Å². The van der Waals surface area contributed by atoms with Crippen molar-refractivity contribution < 1.29 is 9.53 Å². The van der Waals surface area contributed by atoms with E-state index in [1.54, 1.807) is 0 Å². The average Bonchev–Trinajstić information content (AvgIpc) is 3.17. The number of carbonyl (C=O) groups excluding carboxylic acids is 1. The van der Waals surface area contributed by atoms with Crippen molar-refractivity contribution in [3.8, 4) is 11.3 Å². The van der Waals surface area contributed by atoms with Crippen LogP contribution in [0.15, 0.2) is 34.1 Å². The first-order valence-electron chi connectivity index (χ1n) is 7.03. The maximum Gasteiger partial charge on any atom is 0.255 e. The number of ether oxygens (including phenoxy) is 1. The van der Waals surface area contributed by atoms with Gasteiger partial charge in [0.25, 0.3) is 5.91 Å². The number of amides is 1. The molecular formula is C15H17BrClN3O2S. The SMILES string of the molecule is Cl.NC[C@H]1CC[C@@H](C(=O)Nc2nc(-c3ccc(Br)cc3)cs2)O1. The lowest BCUT2D eigenvalue weighted by Gasteiger charge is -2.11. The Bertz CT molecular complexity index is 665. The number of aromatic nitrogens is 1. The number of nitrogens with one attached hydrogen (secondary N) is 1. The highest BCUT2D eigenvalue weighted by Gasteiger charge is 2.30. The zero-order valence-electron chi connectivity index (χ0n) is 12.2. The lowest BCUT2D eigenvalue weighted by atomic mass is 10.2. The number of hydrogen-bond acceptors (Lipinski definition) is 5. The number of rotatable bonds is 4. The van der Waals surface area contributed by atoms with Gasteiger partial charge in [-0.15, -0.1) is 23.7 Å². The lowest BCUT2D eigenvalue weighted by Crippen LogP contribution is -2.29. The normalized spacial score (nSPS) is 20.1. The van der Waals surface area contributed by atoms with E-state index in [1.165, 1.54) is 11.3 Å². The number of halogens is 2. The predicted molar refractivity (Wildman–Crippen MR) is 98.1 cm³/mol. The first-order chi connectivity index (χ1) is 10.7. The maximum atomic E-state index is 12.2. The van der Waals surface area contributed by atoms with Gasteiger partial charge < -0.3 is 10.5 Å². The summed E-state index contributed by atoms with van der Waals surface area (Å²) < 4.78 is 6.60. The third-order valence-corrected chi connectivity index (χ3v) is 4.82. The number of benzene rings is 1. The Morgan fingerprint density at radius 1 is 1.39 bits per heavy atom. The molecule has 5 nitrogen and oxygen atoms in total. The number of nitrogens with zero attached hydrogens (tertiary/aromatic N) is 1. The second-order valence-electron chi connectivity index (χ2n) is 5.09. The summed E-state index contributed by atoms with van der Waals surface area (Å²) in [4.78, 5) is 16.6. The molecule has 8 heteroatoms. The monoisotopic (exact) mass is 417 g/mol. The van der Waals surface area contributed by atoms with Gasteiger partial charge in [-0.2, -0.15) is 0 Å². The molecule has 1 aromatic heterocycles. The molecule has 3 rings (SSSR count). The molecule has 23 heavy (non-hydrogen) atoms. The number of anilines is 1. The van der Waals surface area contributed by atoms with Crippen LogP contribution in [0.2, 0.25) is 0 Å². The van der Waals surface area contributed by atoms with Crippen LogP contribution >= 0.6 is 39.7 Å². The third-order valence-electron chi connectivity index (χ3n) is 3.54. The molecule has 1 fully saturated rings. The van der Waals surface area contributed by atoms with E-state index in [1.807, 2.05) is 29.6 Å². The molecule has 1 saturated heterocycles. The first kappa shape index (κ1) is 18.4. The zero-order chi connectivity index (χ0) is 15.5. The van der Waals surface area contributed by atoms with E-state index in [4.69, 9.17) is 10.5 Å². The summed E-state index contributed by atoms with van der Waals surface area (Å²) in [5, 5.41) is 5.34. The summed E-state index contributed by atoms with van der Waals surface area (Å²) in [5.74, 6) is -0.146. The molecule has 2 heterocycles. The van der Waals surface area contributed by atoms with Crippen molar-refractivity contribution in [2.24, 2.45) is 5.73 Å². The van der Waals surface area contributed by atoms with Gasteiger partial charge >= 0.3 is 0 Å². The number of carbonyl (C=O) groups is 1. The van der Waals surface area contributed by atoms with E-state index in [0.29, 0.717) is 18.1 Å². The summed E-state index contributed by atoms with van der Waals surface area (Å²) in [7, 11) is 0. The highest BCUT2D eigenvalue weighted by atomic mass is 79.9. The topological polar surface area (TPSA) is 77.2 Å². The van der Waals surface area contributed by atoms with Crippen LogP contribution in [-0.2, 0) is 9.53 Å². The molecule has 0 aliphatic carbocycles. The fourth-order valence-corrected chi connectivity index (χ4v) is 3.33. The van der Waals surface area contributed by atoms with Crippen molar-refractivity contribution in [3.05, 3.63) is 34.1 Å². The molecule has 0 saturated carbocycles. The Balaban J connectivity index is 0.00000192. The maximum absolute atomic E-state index is 12.2. The first-order valence-corrected chi connectivity index (χ1v) is 8.71. The summed E-state index contributed by atoms with van der Waals surface area (Å²) in [6.45, 7) is 0.453. The minimum atomic E-state index is -0.423. The van der Waals surface area contributed by atoms with Gasteiger partial charge in [0.2, 0.25) is 0 Å². The van der Waals surface area contributed by atoms with Crippen molar-refractivity contribution in [3.63, 3.8) is 0 Å². The highest BCUT2D eigenvalue weighted by molar-refractivity contribution is 9.10. The molecular weight excluding hydrogens is 402 g/mol. The minimum absolute atomic E-state index is 0. The fraction of sp³-hybridized carbons (Fsp3) is 0.333. The van der Waals surface area contributed by atoms with Gasteiger partial charge in [0.15, 0.2) is 5.13 Å². The molecule has 1 aliphatic rings. The Labute approximate surface area is 153 Å². The number of nitrogens with two attached hydrogens (primary N) is 1. The number of hydrogen-bond donors (Lipinski definition) is 2. The summed E-state index contributed by atoms with van der Waals surface area (Å²) in [5.41, 5.74) is 7.42. The van der Waals surface area contributed by atoms with E-state index < -0.39 is 6.10 Å². The summed E-state index contributed by atoms with van der Waals surface area (Å²) in [6.07, 6.45) is 1.11. The smallest absolute Gasteiger partial charge is 0.255 e. The van der Waals surface area contributed by atoms with E-state index in [-0.39, 0.29) is 24.4 Å². The van der Waals surface area contributed by atoms with Gasteiger partial charge in [0, 0.05) is 22.0 Å². The number of thiazole rings is 1. The average molecular weight is 419 g/mol.